The summed E-state index contributed by atoms with van der Waals surface area (Å²) in [5.74, 6) is -0.235. The minimum atomic E-state index is -1.03. The lowest BCUT2D eigenvalue weighted by atomic mass is 9.77. The summed E-state index contributed by atoms with van der Waals surface area (Å²) >= 11 is 0. The molecule has 0 aromatic rings. The molecule has 0 aliphatic carbocycles. The molecule has 1 atom stereocenters. The van der Waals surface area contributed by atoms with Crippen molar-refractivity contribution in [1.82, 2.24) is 0 Å². The van der Waals surface area contributed by atoms with Gasteiger partial charge in [0.2, 0.25) is 0 Å². The topological polar surface area (TPSA) is 43.4 Å². The van der Waals surface area contributed by atoms with Crippen LogP contribution in [0.15, 0.2) is 12.2 Å². The molecule has 0 aliphatic heterocycles. The smallest absolute Gasteiger partial charge is 0.319 e. The summed E-state index contributed by atoms with van der Waals surface area (Å²) in [5.41, 5.74) is -0.0599. The third kappa shape index (κ3) is 4.72. The first-order valence-electron chi connectivity index (χ1n) is 6.00. The Balaban J connectivity index is 4.89. The molecule has 17 heavy (non-hydrogen) atoms. The number of carbonyl (C=O) groups is 2. The van der Waals surface area contributed by atoms with Crippen LogP contribution in [0.4, 0.5) is 0 Å². The number of rotatable bonds is 7. The van der Waals surface area contributed by atoms with Crippen molar-refractivity contribution in [2.24, 2.45) is 11.3 Å². The molecule has 0 N–H and O–H groups in total. The Morgan fingerprint density at radius 2 is 1.88 bits per heavy atom. The zero-order valence-electron chi connectivity index (χ0n) is 11.6. The maximum Gasteiger partial charge on any atom is 0.319 e. The number of Topliss-reactive ketones (excluding diaryl/α,β-unsaturated/α-hetero) is 1. The van der Waals surface area contributed by atoms with Crippen LogP contribution < -0.4 is 0 Å². The standard InChI is InChI=1S/C14H24O3/c1-10(2)7-8-14(5,13(16)17-6)12(15)9-11(3)4/h11H,1,7-9H2,2-6H3/t14-/m1/s1. The Labute approximate surface area is 104 Å². The second-order valence-electron chi connectivity index (χ2n) is 5.30. The quantitative estimate of drug-likeness (QED) is 0.390. The molecule has 0 aliphatic rings. The maximum absolute atomic E-state index is 12.2. The molecule has 0 rings (SSSR count). The van der Waals surface area contributed by atoms with E-state index in [1.54, 1.807) is 6.92 Å². The Bertz CT molecular complexity index is 305. The normalized spacial score (nSPS) is 14.2. The molecule has 0 radical (unpaired) electrons. The van der Waals surface area contributed by atoms with E-state index in [0.29, 0.717) is 19.3 Å². The monoisotopic (exact) mass is 240 g/mol. The van der Waals surface area contributed by atoms with Crippen LogP contribution in [0.3, 0.4) is 0 Å². The molecule has 98 valence electrons. The zero-order chi connectivity index (χ0) is 13.6. The van der Waals surface area contributed by atoms with Crippen LogP contribution in [0.1, 0.15) is 47.0 Å². The van der Waals surface area contributed by atoms with Crippen molar-refractivity contribution < 1.29 is 14.3 Å². The summed E-state index contributed by atoms with van der Waals surface area (Å²) < 4.78 is 4.76. The molecule has 0 heterocycles. The highest BCUT2D eigenvalue weighted by molar-refractivity contribution is 6.03. The zero-order valence-corrected chi connectivity index (χ0v) is 11.6. The van der Waals surface area contributed by atoms with Crippen LogP contribution in [-0.2, 0) is 14.3 Å². The van der Waals surface area contributed by atoms with Gasteiger partial charge in [0.15, 0.2) is 0 Å². The van der Waals surface area contributed by atoms with E-state index in [1.807, 2.05) is 20.8 Å². The van der Waals surface area contributed by atoms with Gasteiger partial charge in [-0.25, -0.2) is 0 Å². The number of hydrogen-bond donors (Lipinski definition) is 0. The van der Waals surface area contributed by atoms with Gasteiger partial charge in [-0.15, -0.1) is 6.58 Å². The molecule has 0 spiro atoms. The van der Waals surface area contributed by atoms with E-state index in [0.717, 1.165) is 5.57 Å². The van der Waals surface area contributed by atoms with Crippen LogP contribution in [0.5, 0.6) is 0 Å². The molecule has 0 unspecified atom stereocenters. The van der Waals surface area contributed by atoms with Crippen LogP contribution >= 0.6 is 0 Å². The van der Waals surface area contributed by atoms with Crippen LogP contribution in [-0.4, -0.2) is 18.9 Å². The van der Waals surface area contributed by atoms with Gasteiger partial charge in [0.05, 0.1) is 7.11 Å². The van der Waals surface area contributed by atoms with E-state index in [2.05, 4.69) is 6.58 Å². The van der Waals surface area contributed by atoms with Crippen molar-refractivity contribution in [1.29, 1.82) is 0 Å². The Hall–Kier alpha value is -1.12. The summed E-state index contributed by atoms with van der Waals surface area (Å²) in [7, 11) is 1.32. The fourth-order valence-corrected chi connectivity index (χ4v) is 1.64. The lowest BCUT2D eigenvalue weighted by molar-refractivity contribution is -0.157. The Morgan fingerprint density at radius 3 is 2.24 bits per heavy atom. The molecule has 3 heteroatoms. The molecule has 0 saturated heterocycles. The predicted octanol–water partition coefficient (Wildman–Crippen LogP) is 3.14. The second-order valence-corrected chi connectivity index (χ2v) is 5.30. The summed E-state index contributed by atoms with van der Waals surface area (Å²) in [6, 6.07) is 0. The highest BCUT2D eigenvalue weighted by atomic mass is 16.5. The second kappa shape index (κ2) is 6.58. The van der Waals surface area contributed by atoms with Crippen molar-refractivity contribution in [3.05, 3.63) is 12.2 Å². The van der Waals surface area contributed by atoms with Gasteiger partial charge >= 0.3 is 5.97 Å². The molecule has 0 aromatic carbocycles. The lowest BCUT2D eigenvalue weighted by Crippen LogP contribution is -2.38. The van der Waals surface area contributed by atoms with Gasteiger partial charge in [0.1, 0.15) is 11.2 Å². The number of esters is 1. The van der Waals surface area contributed by atoms with E-state index in [1.165, 1.54) is 7.11 Å². The molecular weight excluding hydrogens is 216 g/mol. The largest absolute Gasteiger partial charge is 0.468 e. The van der Waals surface area contributed by atoms with Crippen molar-refractivity contribution in [2.75, 3.05) is 7.11 Å². The molecule has 0 amide bonds. The van der Waals surface area contributed by atoms with Crippen molar-refractivity contribution >= 4 is 11.8 Å². The van der Waals surface area contributed by atoms with Crippen LogP contribution in [0.25, 0.3) is 0 Å². The third-order valence-electron chi connectivity index (χ3n) is 2.90. The lowest BCUT2D eigenvalue weighted by Gasteiger charge is -2.26. The van der Waals surface area contributed by atoms with Crippen LogP contribution in [0.2, 0.25) is 0 Å². The third-order valence-corrected chi connectivity index (χ3v) is 2.90. The first-order chi connectivity index (χ1) is 7.74. The summed E-state index contributed by atoms with van der Waals surface area (Å²) in [5, 5.41) is 0. The minimum Gasteiger partial charge on any atom is -0.468 e. The summed E-state index contributed by atoms with van der Waals surface area (Å²) in [4.78, 5) is 24.0. The van der Waals surface area contributed by atoms with Gasteiger partial charge in [-0.2, -0.15) is 0 Å². The number of allylic oxidation sites excluding steroid dienone is 1. The van der Waals surface area contributed by atoms with Crippen LogP contribution in [0, 0.1) is 11.3 Å². The molecule has 0 bridgehead atoms. The predicted molar refractivity (Wildman–Crippen MR) is 68.6 cm³/mol. The Morgan fingerprint density at radius 1 is 1.35 bits per heavy atom. The first-order valence-corrected chi connectivity index (χ1v) is 6.00. The number of ether oxygens (including phenoxy) is 1. The summed E-state index contributed by atoms with van der Waals surface area (Å²) in [6.45, 7) is 11.3. The molecule has 0 aromatic heterocycles. The van der Waals surface area contributed by atoms with Gasteiger partial charge < -0.3 is 4.74 Å². The molecule has 0 fully saturated rings. The number of hydrogen-bond acceptors (Lipinski definition) is 3. The fourth-order valence-electron chi connectivity index (χ4n) is 1.64. The van der Waals surface area contributed by atoms with Gasteiger partial charge in [-0.1, -0.05) is 19.4 Å². The SMILES string of the molecule is C=C(C)CC[C@](C)(C(=O)CC(C)C)C(=O)OC. The molecule has 3 nitrogen and oxygen atoms in total. The summed E-state index contributed by atoms with van der Waals surface area (Å²) in [6.07, 6.45) is 1.54. The maximum atomic E-state index is 12.2. The van der Waals surface area contributed by atoms with Gasteiger partial charge in [0.25, 0.3) is 0 Å². The van der Waals surface area contributed by atoms with E-state index < -0.39 is 11.4 Å². The van der Waals surface area contributed by atoms with Gasteiger partial charge in [-0.3, -0.25) is 9.59 Å². The van der Waals surface area contributed by atoms with E-state index >= 15 is 0 Å². The van der Waals surface area contributed by atoms with Crippen molar-refractivity contribution in [3.8, 4) is 0 Å². The average molecular weight is 240 g/mol. The van der Waals surface area contributed by atoms with Crippen molar-refractivity contribution in [3.63, 3.8) is 0 Å². The first kappa shape index (κ1) is 15.9. The fraction of sp³-hybridized carbons (Fsp3) is 0.714. The van der Waals surface area contributed by atoms with Gasteiger partial charge in [-0.05, 0) is 32.6 Å². The minimum absolute atomic E-state index is 0.0411. The number of methoxy groups -OCH3 is 1. The highest BCUT2D eigenvalue weighted by Crippen LogP contribution is 2.30. The average Bonchev–Trinajstić information content (AvgIpc) is 2.23. The highest BCUT2D eigenvalue weighted by Gasteiger charge is 2.41. The van der Waals surface area contributed by atoms with E-state index in [-0.39, 0.29) is 11.7 Å². The molecular formula is C14H24O3. The molecule has 0 saturated carbocycles. The number of ketones is 1. The van der Waals surface area contributed by atoms with Gasteiger partial charge in [0, 0.05) is 6.42 Å². The Kier molecular flexibility index (Phi) is 6.14. The van der Waals surface area contributed by atoms with Crippen molar-refractivity contribution in [2.45, 2.75) is 47.0 Å². The van der Waals surface area contributed by atoms with E-state index in [4.69, 9.17) is 4.74 Å². The van der Waals surface area contributed by atoms with E-state index in [9.17, 15) is 9.59 Å². The number of carbonyl (C=O) groups excluding carboxylic acids is 2.